The third kappa shape index (κ3) is 2.55. The van der Waals surface area contributed by atoms with E-state index >= 15 is 0 Å². The van der Waals surface area contributed by atoms with Crippen LogP contribution in [-0.2, 0) is 4.74 Å². The van der Waals surface area contributed by atoms with Gasteiger partial charge in [0.05, 0.1) is 6.61 Å². The number of methoxy groups -OCH3 is 1. The molecule has 0 spiro atoms. The summed E-state index contributed by atoms with van der Waals surface area (Å²) < 4.78 is 7.40. The molecule has 0 aliphatic heterocycles. The quantitative estimate of drug-likeness (QED) is 0.833. The van der Waals surface area contributed by atoms with Gasteiger partial charge in [0.25, 0.3) is 0 Å². The molecule has 16 heavy (non-hydrogen) atoms. The number of nitrogens with one attached hydrogen (secondary N) is 1. The molecule has 1 atom stereocenters. The van der Waals surface area contributed by atoms with E-state index in [1.54, 1.807) is 7.11 Å². The van der Waals surface area contributed by atoms with Crippen molar-refractivity contribution in [1.82, 2.24) is 9.55 Å². The highest BCUT2D eigenvalue weighted by Crippen LogP contribution is 2.31. The van der Waals surface area contributed by atoms with Crippen molar-refractivity contribution in [2.45, 2.75) is 44.7 Å². The first-order valence-corrected chi connectivity index (χ1v) is 6.09. The maximum absolute atomic E-state index is 5.12. The van der Waals surface area contributed by atoms with Gasteiger partial charge < -0.3 is 14.6 Å². The fraction of sp³-hybridized carbons (Fsp3) is 0.750. The average Bonchev–Trinajstić information content (AvgIpc) is 2.86. The highest BCUT2D eigenvalue weighted by Gasteiger charge is 2.19. The molecule has 1 fully saturated rings. The number of ether oxygens (including phenoxy) is 1. The van der Waals surface area contributed by atoms with Gasteiger partial charge in [-0.05, 0) is 19.8 Å². The Labute approximate surface area is 97.0 Å². The van der Waals surface area contributed by atoms with E-state index in [9.17, 15) is 0 Å². The molecule has 1 aromatic heterocycles. The van der Waals surface area contributed by atoms with Gasteiger partial charge in [-0.2, -0.15) is 0 Å². The van der Waals surface area contributed by atoms with E-state index in [1.807, 2.05) is 6.20 Å². The van der Waals surface area contributed by atoms with Gasteiger partial charge in [-0.3, -0.25) is 0 Å². The number of hydrogen-bond acceptors (Lipinski definition) is 3. The summed E-state index contributed by atoms with van der Waals surface area (Å²) in [4.78, 5) is 4.38. The summed E-state index contributed by atoms with van der Waals surface area (Å²) in [6.07, 6.45) is 9.21. The van der Waals surface area contributed by atoms with E-state index in [1.165, 1.54) is 25.7 Å². The maximum Gasteiger partial charge on any atom is 0.203 e. The first-order valence-electron chi connectivity index (χ1n) is 6.09. The Morgan fingerprint density at radius 3 is 3.00 bits per heavy atom. The molecule has 4 nitrogen and oxygen atoms in total. The molecule has 0 amide bonds. The number of hydrogen-bond donors (Lipinski definition) is 1. The standard InChI is InChI=1S/C12H21N3O/c1-10(9-16-2)14-12-13-7-8-15(12)11-5-3-4-6-11/h7-8,10-11H,3-6,9H2,1-2H3,(H,13,14). The first kappa shape index (κ1) is 11.5. The van der Waals surface area contributed by atoms with E-state index in [4.69, 9.17) is 4.74 Å². The summed E-state index contributed by atoms with van der Waals surface area (Å²) in [7, 11) is 1.72. The summed E-state index contributed by atoms with van der Waals surface area (Å²) in [5, 5.41) is 3.40. The molecule has 1 unspecified atom stereocenters. The number of anilines is 1. The van der Waals surface area contributed by atoms with Crippen LogP contribution in [0.15, 0.2) is 12.4 Å². The van der Waals surface area contributed by atoms with Crippen molar-refractivity contribution in [2.24, 2.45) is 0 Å². The Bertz CT molecular complexity index is 318. The summed E-state index contributed by atoms with van der Waals surface area (Å²) >= 11 is 0. The van der Waals surface area contributed by atoms with Crippen LogP contribution >= 0.6 is 0 Å². The molecular weight excluding hydrogens is 202 g/mol. The van der Waals surface area contributed by atoms with Crippen LogP contribution in [0.3, 0.4) is 0 Å². The van der Waals surface area contributed by atoms with Crippen LogP contribution in [0.25, 0.3) is 0 Å². The third-order valence-electron chi connectivity index (χ3n) is 3.18. The molecule has 1 N–H and O–H groups in total. The van der Waals surface area contributed by atoms with Crippen LogP contribution < -0.4 is 5.32 Å². The average molecular weight is 223 g/mol. The molecule has 90 valence electrons. The van der Waals surface area contributed by atoms with E-state index in [0.717, 1.165) is 5.95 Å². The minimum absolute atomic E-state index is 0.299. The first-order chi connectivity index (χ1) is 7.81. The zero-order valence-electron chi connectivity index (χ0n) is 10.1. The second kappa shape index (κ2) is 5.34. The van der Waals surface area contributed by atoms with Gasteiger partial charge in [0, 0.05) is 31.6 Å². The lowest BCUT2D eigenvalue weighted by atomic mass is 10.2. The Kier molecular flexibility index (Phi) is 3.83. The molecule has 1 aliphatic rings. The minimum atomic E-state index is 0.299. The monoisotopic (exact) mass is 223 g/mol. The Hall–Kier alpha value is -1.03. The lowest BCUT2D eigenvalue weighted by Gasteiger charge is -2.18. The van der Waals surface area contributed by atoms with Gasteiger partial charge in [0.15, 0.2) is 0 Å². The van der Waals surface area contributed by atoms with Crippen LogP contribution in [0.2, 0.25) is 0 Å². The summed E-state index contributed by atoms with van der Waals surface area (Å²) in [6, 6.07) is 0.937. The molecule has 0 bridgehead atoms. The number of rotatable bonds is 5. The lowest BCUT2D eigenvalue weighted by Crippen LogP contribution is -2.23. The van der Waals surface area contributed by atoms with Crippen LogP contribution in [0.4, 0.5) is 5.95 Å². The van der Waals surface area contributed by atoms with Crippen molar-refractivity contribution in [2.75, 3.05) is 19.0 Å². The van der Waals surface area contributed by atoms with Gasteiger partial charge in [-0.15, -0.1) is 0 Å². The predicted octanol–water partition coefficient (Wildman–Crippen LogP) is 2.45. The second-order valence-corrected chi connectivity index (χ2v) is 4.60. The fourth-order valence-corrected chi connectivity index (χ4v) is 2.41. The lowest BCUT2D eigenvalue weighted by molar-refractivity contribution is 0.190. The molecule has 0 radical (unpaired) electrons. The number of imidazole rings is 1. The highest BCUT2D eigenvalue weighted by atomic mass is 16.5. The van der Waals surface area contributed by atoms with E-state index < -0.39 is 0 Å². The topological polar surface area (TPSA) is 39.1 Å². The molecule has 1 aliphatic carbocycles. The van der Waals surface area contributed by atoms with Crippen molar-refractivity contribution in [3.05, 3.63) is 12.4 Å². The predicted molar refractivity (Wildman–Crippen MR) is 64.7 cm³/mol. The SMILES string of the molecule is COCC(C)Nc1nccn1C1CCCC1. The normalized spacial score (nSPS) is 18.9. The van der Waals surface area contributed by atoms with Gasteiger partial charge >= 0.3 is 0 Å². The van der Waals surface area contributed by atoms with Crippen LogP contribution in [0.1, 0.15) is 38.6 Å². The molecule has 1 saturated carbocycles. The van der Waals surface area contributed by atoms with E-state index in [2.05, 4.69) is 28.0 Å². The van der Waals surface area contributed by atoms with Crippen LogP contribution in [-0.4, -0.2) is 29.3 Å². The smallest absolute Gasteiger partial charge is 0.203 e. The van der Waals surface area contributed by atoms with Crippen molar-refractivity contribution in [3.8, 4) is 0 Å². The Morgan fingerprint density at radius 2 is 2.31 bits per heavy atom. The fourth-order valence-electron chi connectivity index (χ4n) is 2.41. The Morgan fingerprint density at radius 1 is 1.56 bits per heavy atom. The summed E-state index contributed by atoms with van der Waals surface area (Å²) in [6.45, 7) is 2.81. The van der Waals surface area contributed by atoms with Crippen molar-refractivity contribution in [3.63, 3.8) is 0 Å². The zero-order valence-corrected chi connectivity index (χ0v) is 10.1. The molecule has 1 aromatic rings. The van der Waals surface area contributed by atoms with Crippen molar-refractivity contribution in [1.29, 1.82) is 0 Å². The zero-order chi connectivity index (χ0) is 11.4. The van der Waals surface area contributed by atoms with Crippen molar-refractivity contribution >= 4 is 5.95 Å². The molecular formula is C12H21N3O. The second-order valence-electron chi connectivity index (χ2n) is 4.60. The molecule has 0 aromatic carbocycles. The minimum Gasteiger partial charge on any atom is -0.383 e. The molecule has 2 rings (SSSR count). The summed E-state index contributed by atoms with van der Waals surface area (Å²) in [5.74, 6) is 0.983. The highest BCUT2D eigenvalue weighted by molar-refractivity contribution is 5.28. The van der Waals surface area contributed by atoms with Crippen LogP contribution in [0, 0.1) is 0 Å². The molecule has 0 saturated heterocycles. The van der Waals surface area contributed by atoms with E-state index in [0.29, 0.717) is 18.7 Å². The van der Waals surface area contributed by atoms with E-state index in [-0.39, 0.29) is 0 Å². The van der Waals surface area contributed by atoms with Crippen LogP contribution in [0.5, 0.6) is 0 Å². The number of aromatic nitrogens is 2. The van der Waals surface area contributed by atoms with Crippen molar-refractivity contribution < 1.29 is 4.74 Å². The number of nitrogens with zero attached hydrogens (tertiary/aromatic N) is 2. The molecule has 4 heteroatoms. The van der Waals surface area contributed by atoms with Gasteiger partial charge in [-0.1, -0.05) is 12.8 Å². The maximum atomic E-state index is 5.12. The van der Waals surface area contributed by atoms with Gasteiger partial charge in [0.2, 0.25) is 5.95 Å². The largest absolute Gasteiger partial charge is 0.383 e. The summed E-state index contributed by atoms with van der Waals surface area (Å²) in [5.41, 5.74) is 0. The van der Waals surface area contributed by atoms with Gasteiger partial charge in [-0.25, -0.2) is 4.98 Å². The third-order valence-corrected chi connectivity index (χ3v) is 3.18. The Balaban J connectivity index is 2.00. The molecule has 1 heterocycles. The van der Waals surface area contributed by atoms with Gasteiger partial charge in [0.1, 0.15) is 0 Å².